The molecule has 2 amide bonds. The van der Waals surface area contributed by atoms with Crippen molar-refractivity contribution in [2.75, 3.05) is 32.5 Å². The van der Waals surface area contributed by atoms with Crippen molar-refractivity contribution < 1.29 is 18.7 Å². The van der Waals surface area contributed by atoms with Crippen LogP contribution in [0, 0.1) is 0 Å². The highest BCUT2D eigenvalue weighted by molar-refractivity contribution is 7.99. The Morgan fingerprint density at radius 3 is 2.58 bits per heavy atom. The molecule has 1 fully saturated rings. The largest absolute Gasteiger partial charge is 0.497 e. The number of amides is 2. The summed E-state index contributed by atoms with van der Waals surface area (Å²) in [5.74, 6) is 2.33. The lowest BCUT2D eigenvalue weighted by atomic mass is 10.1. The summed E-state index contributed by atoms with van der Waals surface area (Å²) in [6.45, 7) is 5.81. The van der Waals surface area contributed by atoms with Crippen molar-refractivity contribution >= 4 is 23.6 Å². The van der Waals surface area contributed by atoms with Crippen LogP contribution in [0.1, 0.15) is 39.5 Å². The molecule has 192 valence electrons. The molecule has 2 aromatic heterocycles. The summed E-state index contributed by atoms with van der Waals surface area (Å²) < 4.78 is 12.7. The van der Waals surface area contributed by atoms with Crippen LogP contribution in [0.3, 0.4) is 0 Å². The second kappa shape index (κ2) is 12.1. The number of hydrogen-bond donors (Lipinski definition) is 0. The first-order valence-electron chi connectivity index (χ1n) is 12.4. The van der Waals surface area contributed by atoms with Crippen LogP contribution in [-0.2, 0) is 9.59 Å². The van der Waals surface area contributed by atoms with E-state index in [-0.39, 0.29) is 23.6 Å². The summed E-state index contributed by atoms with van der Waals surface area (Å²) >= 11 is 1.34. The van der Waals surface area contributed by atoms with Crippen molar-refractivity contribution in [2.24, 2.45) is 0 Å². The molecule has 0 spiro atoms. The lowest BCUT2D eigenvalue weighted by molar-refractivity contribution is -0.141. The SMILES string of the molecule is CCCCCC(=O)N1CCN(C(=O)CSc2nnc(-c3ccco3)n2-c2ccc(OC)cc2)CC1C. The van der Waals surface area contributed by atoms with E-state index in [4.69, 9.17) is 9.15 Å². The van der Waals surface area contributed by atoms with E-state index in [1.165, 1.54) is 11.8 Å². The molecule has 0 saturated carbocycles. The van der Waals surface area contributed by atoms with E-state index >= 15 is 0 Å². The summed E-state index contributed by atoms with van der Waals surface area (Å²) in [6.07, 6.45) is 5.26. The molecule has 1 atom stereocenters. The first-order valence-corrected chi connectivity index (χ1v) is 13.3. The van der Waals surface area contributed by atoms with Gasteiger partial charge in [0.05, 0.1) is 24.8 Å². The third-order valence-corrected chi connectivity index (χ3v) is 7.24. The summed E-state index contributed by atoms with van der Waals surface area (Å²) in [7, 11) is 1.62. The molecule has 1 saturated heterocycles. The Kier molecular flexibility index (Phi) is 8.69. The van der Waals surface area contributed by atoms with Gasteiger partial charge in [-0.25, -0.2) is 0 Å². The zero-order chi connectivity index (χ0) is 25.5. The van der Waals surface area contributed by atoms with Crippen molar-refractivity contribution in [2.45, 2.75) is 50.7 Å². The second-order valence-corrected chi connectivity index (χ2v) is 9.78. The summed E-state index contributed by atoms with van der Waals surface area (Å²) in [6, 6.07) is 11.2. The van der Waals surface area contributed by atoms with Gasteiger partial charge in [-0.3, -0.25) is 14.2 Å². The lowest BCUT2D eigenvalue weighted by Gasteiger charge is -2.40. The first kappa shape index (κ1) is 25.8. The summed E-state index contributed by atoms with van der Waals surface area (Å²) in [5, 5.41) is 9.29. The van der Waals surface area contributed by atoms with E-state index in [1.54, 1.807) is 19.4 Å². The molecule has 3 aromatic rings. The molecule has 1 aliphatic heterocycles. The minimum absolute atomic E-state index is 0.00957. The van der Waals surface area contributed by atoms with Gasteiger partial charge in [-0.05, 0) is 49.7 Å². The standard InChI is InChI=1S/C26H33N5O4S/c1-4-5-6-9-23(32)30-15-14-29(17-19(30)2)24(33)18-36-26-28-27-25(22-8-7-16-35-22)31(26)20-10-12-21(34-3)13-11-20/h7-8,10-13,16,19H,4-6,9,14-15,17-18H2,1-3H3. The number of rotatable bonds is 10. The molecule has 0 bridgehead atoms. The quantitative estimate of drug-likeness (QED) is 0.296. The fourth-order valence-electron chi connectivity index (χ4n) is 4.33. The number of carbonyl (C=O) groups excluding carboxylic acids is 2. The molecule has 3 heterocycles. The highest BCUT2D eigenvalue weighted by Crippen LogP contribution is 2.29. The number of benzene rings is 1. The highest BCUT2D eigenvalue weighted by atomic mass is 32.2. The van der Waals surface area contributed by atoms with Gasteiger partial charge < -0.3 is 19.0 Å². The Hall–Kier alpha value is -3.27. The topological polar surface area (TPSA) is 93.7 Å². The normalized spacial score (nSPS) is 15.8. The van der Waals surface area contributed by atoms with Gasteiger partial charge in [-0.15, -0.1) is 10.2 Å². The highest BCUT2D eigenvalue weighted by Gasteiger charge is 2.29. The van der Waals surface area contributed by atoms with Crippen LogP contribution in [0.4, 0.5) is 0 Å². The monoisotopic (exact) mass is 511 g/mol. The number of aromatic nitrogens is 3. The number of hydrogen-bond acceptors (Lipinski definition) is 7. The minimum atomic E-state index is 0.00957. The zero-order valence-corrected chi connectivity index (χ0v) is 21.9. The second-order valence-electron chi connectivity index (χ2n) is 8.84. The molecule has 9 nitrogen and oxygen atoms in total. The molecule has 1 aliphatic rings. The van der Waals surface area contributed by atoms with Gasteiger partial charge in [-0.1, -0.05) is 31.5 Å². The van der Waals surface area contributed by atoms with E-state index in [9.17, 15) is 9.59 Å². The number of unbranched alkanes of at least 4 members (excludes halogenated alkanes) is 2. The molecular weight excluding hydrogens is 478 g/mol. The zero-order valence-electron chi connectivity index (χ0n) is 21.1. The predicted molar refractivity (Wildman–Crippen MR) is 138 cm³/mol. The van der Waals surface area contributed by atoms with Crippen LogP contribution in [-0.4, -0.2) is 74.9 Å². The Labute approximate surface area is 215 Å². The molecule has 36 heavy (non-hydrogen) atoms. The smallest absolute Gasteiger partial charge is 0.233 e. The number of piperazine rings is 1. The predicted octanol–water partition coefficient (Wildman–Crippen LogP) is 4.27. The van der Waals surface area contributed by atoms with Gasteiger partial charge in [0.15, 0.2) is 10.9 Å². The van der Waals surface area contributed by atoms with Crippen LogP contribution >= 0.6 is 11.8 Å². The van der Waals surface area contributed by atoms with Crippen LogP contribution in [0.15, 0.2) is 52.2 Å². The van der Waals surface area contributed by atoms with Crippen LogP contribution in [0.5, 0.6) is 5.75 Å². The molecule has 1 aromatic carbocycles. The van der Waals surface area contributed by atoms with Gasteiger partial charge in [0.2, 0.25) is 17.6 Å². The Balaban J connectivity index is 1.42. The van der Waals surface area contributed by atoms with E-state index in [0.29, 0.717) is 42.8 Å². The fraction of sp³-hybridized carbons (Fsp3) is 0.462. The third kappa shape index (κ3) is 5.92. The third-order valence-electron chi connectivity index (χ3n) is 6.33. The molecule has 10 heteroatoms. The number of carbonyl (C=O) groups is 2. The fourth-order valence-corrected chi connectivity index (χ4v) is 5.19. The minimum Gasteiger partial charge on any atom is -0.497 e. The van der Waals surface area contributed by atoms with Gasteiger partial charge in [0, 0.05) is 32.1 Å². The Morgan fingerprint density at radius 2 is 1.92 bits per heavy atom. The van der Waals surface area contributed by atoms with Crippen LogP contribution < -0.4 is 4.74 Å². The van der Waals surface area contributed by atoms with Crippen LogP contribution in [0.2, 0.25) is 0 Å². The van der Waals surface area contributed by atoms with Crippen molar-refractivity contribution in [3.05, 3.63) is 42.7 Å². The van der Waals surface area contributed by atoms with Crippen LogP contribution in [0.25, 0.3) is 17.3 Å². The molecule has 0 N–H and O–H groups in total. The van der Waals surface area contributed by atoms with E-state index in [1.807, 2.05) is 51.6 Å². The Bertz CT molecular complexity index is 1150. The number of ether oxygens (including phenoxy) is 1. The molecular formula is C26H33N5O4S. The first-order chi connectivity index (χ1) is 17.5. The maximum absolute atomic E-state index is 13.1. The van der Waals surface area contributed by atoms with Crippen molar-refractivity contribution in [1.82, 2.24) is 24.6 Å². The maximum Gasteiger partial charge on any atom is 0.233 e. The van der Waals surface area contributed by atoms with E-state index in [2.05, 4.69) is 17.1 Å². The number of nitrogens with zero attached hydrogens (tertiary/aromatic N) is 5. The Morgan fingerprint density at radius 1 is 1.11 bits per heavy atom. The molecule has 4 rings (SSSR count). The van der Waals surface area contributed by atoms with Gasteiger partial charge in [0.1, 0.15) is 5.75 Å². The average molecular weight is 512 g/mol. The van der Waals surface area contributed by atoms with E-state index < -0.39 is 0 Å². The van der Waals surface area contributed by atoms with Gasteiger partial charge in [0.25, 0.3) is 0 Å². The number of thioether (sulfide) groups is 1. The molecule has 1 unspecified atom stereocenters. The van der Waals surface area contributed by atoms with Crippen molar-refractivity contribution in [1.29, 1.82) is 0 Å². The van der Waals surface area contributed by atoms with E-state index in [0.717, 1.165) is 30.7 Å². The maximum atomic E-state index is 13.1. The van der Waals surface area contributed by atoms with Crippen molar-refractivity contribution in [3.63, 3.8) is 0 Å². The van der Waals surface area contributed by atoms with Crippen molar-refractivity contribution in [3.8, 4) is 23.0 Å². The summed E-state index contributed by atoms with van der Waals surface area (Å²) in [5.41, 5.74) is 0.839. The molecule has 0 aliphatic carbocycles. The van der Waals surface area contributed by atoms with Gasteiger partial charge >= 0.3 is 0 Å². The lowest BCUT2D eigenvalue weighted by Crippen LogP contribution is -2.55. The molecule has 0 radical (unpaired) electrons. The number of furan rings is 1. The number of methoxy groups -OCH3 is 1. The average Bonchev–Trinajstić information content (AvgIpc) is 3.57. The summed E-state index contributed by atoms with van der Waals surface area (Å²) in [4.78, 5) is 29.4. The van der Waals surface area contributed by atoms with Gasteiger partial charge in [-0.2, -0.15) is 0 Å².